The Balaban J connectivity index is 4.71. The number of aliphatic hydroxyl groups is 1. The molecule has 2 N–H and O–H groups in total. The first kappa shape index (κ1) is 12.9. The smallest absolute Gasteiger partial charge is 0.272 e. The molecule has 0 aliphatic carbocycles. The third kappa shape index (κ3) is 2.93. The maximum Gasteiger partial charge on any atom is 0.272 e. The molecular weight excluding hydrogens is 192 g/mol. The molecule has 0 rings (SSSR count). The number of hydrogen-bond donors (Lipinski definition) is 2. The fraction of sp³-hybridized carbons (Fsp3) is 1.00. The first-order chi connectivity index (χ1) is 5.93. The van der Waals surface area contributed by atoms with Crippen LogP contribution in [-0.4, -0.2) is 29.4 Å². The van der Waals surface area contributed by atoms with E-state index < -0.39 is 21.5 Å². The number of hydrogen-bond acceptors (Lipinski definition) is 3. The highest BCUT2D eigenvalue weighted by Crippen LogP contribution is 2.26. The van der Waals surface area contributed by atoms with Gasteiger partial charge in [-0.2, -0.15) is 8.42 Å². The Kier molecular flexibility index (Phi) is 4.88. The molecule has 1 atom stereocenters. The summed E-state index contributed by atoms with van der Waals surface area (Å²) >= 11 is 0. The molecule has 0 radical (unpaired) electrons. The molecule has 4 nitrogen and oxygen atoms in total. The van der Waals surface area contributed by atoms with Crippen molar-refractivity contribution in [2.24, 2.45) is 0 Å². The van der Waals surface area contributed by atoms with Crippen LogP contribution in [0.2, 0.25) is 0 Å². The Morgan fingerprint density at radius 2 is 1.85 bits per heavy atom. The predicted molar refractivity (Wildman–Crippen MR) is 51.2 cm³/mol. The van der Waals surface area contributed by atoms with Gasteiger partial charge in [0.15, 0.2) is 0 Å². The lowest BCUT2D eigenvalue weighted by atomic mass is 9.99. The van der Waals surface area contributed by atoms with Crippen LogP contribution in [0.5, 0.6) is 0 Å². The number of aliphatic hydroxyl groups excluding tert-OH is 1. The van der Waals surface area contributed by atoms with E-state index in [0.717, 1.165) is 6.42 Å². The minimum Gasteiger partial charge on any atom is -0.395 e. The van der Waals surface area contributed by atoms with E-state index in [4.69, 9.17) is 9.66 Å². The molecule has 80 valence electrons. The molecule has 1 unspecified atom stereocenters. The van der Waals surface area contributed by atoms with Crippen LogP contribution in [0.4, 0.5) is 0 Å². The molecule has 0 amide bonds. The van der Waals surface area contributed by atoms with Gasteiger partial charge in [0.05, 0.1) is 6.61 Å². The molecule has 5 heteroatoms. The van der Waals surface area contributed by atoms with Gasteiger partial charge in [-0.25, -0.2) is 0 Å². The molecule has 0 bridgehead atoms. The van der Waals surface area contributed by atoms with E-state index in [1.165, 1.54) is 0 Å². The zero-order chi connectivity index (χ0) is 10.5. The summed E-state index contributed by atoms with van der Waals surface area (Å²) in [4.78, 5) is 0. The highest BCUT2D eigenvalue weighted by Gasteiger charge is 2.39. The largest absolute Gasteiger partial charge is 0.395 e. The molecule has 0 saturated carbocycles. The molecule has 0 aromatic rings. The minimum absolute atomic E-state index is 0.238. The summed E-state index contributed by atoms with van der Waals surface area (Å²) in [6.07, 6.45) is 2.09. The lowest BCUT2D eigenvalue weighted by molar-refractivity contribution is 0.217. The summed E-state index contributed by atoms with van der Waals surface area (Å²) in [6, 6.07) is 0. The minimum atomic E-state index is -4.15. The van der Waals surface area contributed by atoms with E-state index in [1.54, 1.807) is 6.92 Å². The van der Waals surface area contributed by atoms with Crippen LogP contribution in [0.25, 0.3) is 0 Å². The summed E-state index contributed by atoms with van der Waals surface area (Å²) in [7, 11) is -4.15. The van der Waals surface area contributed by atoms with Gasteiger partial charge in [0.1, 0.15) is 4.75 Å². The van der Waals surface area contributed by atoms with E-state index in [0.29, 0.717) is 12.8 Å². The average molecular weight is 210 g/mol. The van der Waals surface area contributed by atoms with Crippen molar-refractivity contribution in [3.63, 3.8) is 0 Å². The van der Waals surface area contributed by atoms with Crippen molar-refractivity contribution < 1.29 is 18.1 Å². The van der Waals surface area contributed by atoms with E-state index >= 15 is 0 Å². The lowest BCUT2D eigenvalue weighted by Gasteiger charge is -2.26. The first-order valence-electron chi connectivity index (χ1n) is 4.51. The monoisotopic (exact) mass is 210 g/mol. The van der Waals surface area contributed by atoms with Crippen LogP contribution in [0, 0.1) is 0 Å². The summed E-state index contributed by atoms with van der Waals surface area (Å²) < 4.78 is 29.7. The van der Waals surface area contributed by atoms with Crippen molar-refractivity contribution in [3.05, 3.63) is 0 Å². The van der Waals surface area contributed by atoms with Gasteiger partial charge in [0.2, 0.25) is 0 Å². The van der Waals surface area contributed by atoms with Gasteiger partial charge < -0.3 is 5.11 Å². The first-order valence-corrected chi connectivity index (χ1v) is 5.95. The predicted octanol–water partition coefficient (Wildman–Crippen LogP) is 1.21. The summed E-state index contributed by atoms with van der Waals surface area (Å²) in [5.74, 6) is 0. The normalized spacial score (nSPS) is 16.9. The van der Waals surface area contributed by atoms with Gasteiger partial charge >= 0.3 is 0 Å². The van der Waals surface area contributed by atoms with Crippen molar-refractivity contribution in [2.75, 3.05) is 6.61 Å². The van der Waals surface area contributed by atoms with Gasteiger partial charge in [-0.15, -0.1) is 0 Å². The zero-order valence-corrected chi connectivity index (χ0v) is 8.97. The van der Waals surface area contributed by atoms with Crippen LogP contribution in [0.1, 0.15) is 39.5 Å². The van der Waals surface area contributed by atoms with Crippen molar-refractivity contribution in [1.29, 1.82) is 0 Å². The fourth-order valence-corrected chi connectivity index (χ4v) is 2.19. The zero-order valence-electron chi connectivity index (χ0n) is 8.15. The van der Waals surface area contributed by atoms with Crippen LogP contribution < -0.4 is 0 Å². The van der Waals surface area contributed by atoms with Crippen LogP contribution >= 0.6 is 0 Å². The highest BCUT2D eigenvalue weighted by atomic mass is 32.2. The third-order valence-corrected chi connectivity index (χ3v) is 4.18. The highest BCUT2D eigenvalue weighted by molar-refractivity contribution is 7.87. The molecule has 0 aromatic heterocycles. The van der Waals surface area contributed by atoms with E-state index in [1.807, 2.05) is 6.92 Å². The SMILES string of the molecule is CCCCC(CC)(CO)S(=O)(=O)O. The van der Waals surface area contributed by atoms with E-state index in [2.05, 4.69) is 0 Å². The molecule has 0 aliphatic heterocycles. The molecule has 0 spiro atoms. The molecule has 13 heavy (non-hydrogen) atoms. The van der Waals surface area contributed by atoms with Crippen molar-refractivity contribution in [3.8, 4) is 0 Å². The van der Waals surface area contributed by atoms with Gasteiger partial charge in [0, 0.05) is 0 Å². The molecular formula is C8H18O4S. The summed E-state index contributed by atoms with van der Waals surface area (Å²) in [5.41, 5.74) is 0. The van der Waals surface area contributed by atoms with E-state index in [9.17, 15) is 8.42 Å². The van der Waals surface area contributed by atoms with Gasteiger partial charge in [0.25, 0.3) is 10.1 Å². The van der Waals surface area contributed by atoms with Crippen LogP contribution in [-0.2, 0) is 10.1 Å². The quantitative estimate of drug-likeness (QED) is 0.646. The third-order valence-electron chi connectivity index (χ3n) is 2.47. The van der Waals surface area contributed by atoms with Crippen molar-refractivity contribution >= 4 is 10.1 Å². The Morgan fingerprint density at radius 3 is 2.08 bits per heavy atom. The topological polar surface area (TPSA) is 74.6 Å². The lowest BCUT2D eigenvalue weighted by Crippen LogP contribution is -2.41. The Hall–Kier alpha value is -0.130. The Labute approximate surface area is 79.7 Å². The second-order valence-electron chi connectivity index (χ2n) is 3.27. The molecule has 0 aromatic carbocycles. The van der Waals surface area contributed by atoms with Gasteiger partial charge in [-0.3, -0.25) is 4.55 Å². The summed E-state index contributed by atoms with van der Waals surface area (Å²) in [5, 5.41) is 9.00. The Bertz CT molecular complexity index is 229. The average Bonchev–Trinajstić information content (AvgIpc) is 2.05. The molecule has 0 heterocycles. The standard InChI is InChI=1S/C8H18O4S/c1-3-5-6-8(4-2,7-9)13(10,11)12/h9H,3-7H2,1-2H3,(H,10,11,12). The fourth-order valence-electron chi connectivity index (χ4n) is 1.26. The number of rotatable bonds is 6. The summed E-state index contributed by atoms with van der Waals surface area (Å²) in [6.45, 7) is 3.07. The van der Waals surface area contributed by atoms with Crippen molar-refractivity contribution in [2.45, 2.75) is 44.3 Å². The second-order valence-corrected chi connectivity index (χ2v) is 5.09. The second kappa shape index (κ2) is 4.93. The van der Waals surface area contributed by atoms with Gasteiger partial charge in [-0.1, -0.05) is 26.7 Å². The van der Waals surface area contributed by atoms with Crippen molar-refractivity contribution in [1.82, 2.24) is 0 Å². The van der Waals surface area contributed by atoms with E-state index in [-0.39, 0.29) is 6.42 Å². The van der Waals surface area contributed by atoms with Gasteiger partial charge in [-0.05, 0) is 12.8 Å². The van der Waals surface area contributed by atoms with Crippen LogP contribution in [0.15, 0.2) is 0 Å². The molecule has 0 aliphatic rings. The number of unbranched alkanes of at least 4 members (excludes halogenated alkanes) is 1. The maximum absolute atomic E-state index is 11.0. The Morgan fingerprint density at radius 1 is 1.31 bits per heavy atom. The van der Waals surface area contributed by atoms with Crippen LogP contribution in [0.3, 0.4) is 0 Å². The molecule has 0 saturated heterocycles. The maximum atomic E-state index is 11.0. The molecule has 0 fully saturated rings.